The van der Waals surface area contributed by atoms with Crippen LogP contribution in [-0.4, -0.2) is 15.2 Å². The minimum absolute atomic E-state index is 0.0828. The second-order valence-corrected chi connectivity index (χ2v) is 2.59. The number of hydrogen-bond donors (Lipinski definition) is 3. The van der Waals surface area contributed by atoms with Crippen molar-refractivity contribution in [2.75, 3.05) is 0 Å². The van der Waals surface area contributed by atoms with Gasteiger partial charge in [-0.05, 0) is 12.1 Å². The van der Waals surface area contributed by atoms with Crippen LogP contribution in [0.5, 0.6) is 11.6 Å². The third kappa shape index (κ3) is 2.17. The molecule has 0 aliphatic carbocycles. The highest BCUT2D eigenvalue weighted by molar-refractivity contribution is 5.88. The lowest BCUT2D eigenvalue weighted by Crippen LogP contribution is -1.63. The number of hydrogen-bond acceptors (Lipinski definition) is 4. The Labute approximate surface area is 85.4 Å². The summed E-state index contributed by atoms with van der Waals surface area (Å²) in [5.74, 6) is -0.258. The number of aromatic amines is 1. The van der Waals surface area contributed by atoms with Crippen LogP contribution in [0.25, 0.3) is 10.9 Å². The molecule has 0 bridgehead atoms. The van der Waals surface area contributed by atoms with Crippen LogP contribution in [0.2, 0.25) is 0 Å². The van der Waals surface area contributed by atoms with Gasteiger partial charge in [-0.2, -0.15) is 10.5 Å². The summed E-state index contributed by atoms with van der Waals surface area (Å²) in [4.78, 5) is 2.63. The van der Waals surface area contributed by atoms with Gasteiger partial charge in [-0.1, -0.05) is 12.1 Å². The van der Waals surface area contributed by atoms with Crippen molar-refractivity contribution in [3.8, 4) is 23.8 Å². The molecule has 1 aromatic heterocycles. The van der Waals surface area contributed by atoms with E-state index >= 15 is 0 Å². The molecule has 0 aliphatic heterocycles. The molecule has 1 aromatic carbocycles. The Morgan fingerprint density at radius 1 is 1.07 bits per heavy atom. The van der Waals surface area contributed by atoms with Crippen LogP contribution in [0.4, 0.5) is 0 Å². The van der Waals surface area contributed by atoms with Gasteiger partial charge in [0.25, 0.3) is 0 Å². The Bertz CT molecular complexity index is 534. The summed E-state index contributed by atoms with van der Waals surface area (Å²) >= 11 is 0. The van der Waals surface area contributed by atoms with Crippen molar-refractivity contribution in [1.82, 2.24) is 4.98 Å². The first kappa shape index (κ1) is 10.4. The summed E-state index contributed by atoms with van der Waals surface area (Å²) in [5.41, 5.74) is 0.738. The zero-order valence-corrected chi connectivity index (χ0v) is 7.60. The second kappa shape index (κ2) is 4.54. The second-order valence-electron chi connectivity index (χ2n) is 2.59. The Morgan fingerprint density at radius 2 is 1.67 bits per heavy atom. The first-order chi connectivity index (χ1) is 7.20. The molecule has 5 nitrogen and oxygen atoms in total. The predicted molar refractivity (Wildman–Crippen MR) is 52.9 cm³/mol. The fraction of sp³-hybridized carbons (Fsp3) is 0. The largest absolute Gasteiger partial charge is 0.503 e. The lowest BCUT2D eigenvalue weighted by Gasteiger charge is -1.86. The molecule has 0 unspecified atom stereocenters. The Kier molecular flexibility index (Phi) is 3.15. The molecule has 0 amide bonds. The summed E-state index contributed by atoms with van der Waals surface area (Å²) in [6, 6.07) is 9.63. The number of H-pyrrole nitrogens is 1. The maximum atomic E-state index is 9.22. The summed E-state index contributed by atoms with van der Waals surface area (Å²) in [6.07, 6.45) is 0. The van der Waals surface area contributed by atoms with Gasteiger partial charge >= 0.3 is 0 Å². The maximum absolute atomic E-state index is 9.22. The number of para-hydroxylation sites is 1. The minimum Gasteiger partial charge on any atom is -0.503 e. The average Bonchev–Trinajstić information content (AvgIpc) is 2.56. The van der Waals surface area contributed by atoms with Gasteiger partial charge in [0.15, 0.2) is 17.9 Å². The summed E-state index contributed by atoms with van der Waals surface area (Å²) in [5, 5.41) is 33.4. The fourth-order valence-electron chi connectivity index (χ4n) is 1.11. The molecule has 0 spiro atoms. The number of benzene rings is 1. The number of rotatable bonds is 0. The van der Waals surface area contributed by atoms with Gasteiger partial charge in [0.05, 0.1) is 5.52 Å². The van der Waals surface area contributed by atoms with Gasteiger partial charge in [-0.3, -0.25) is 0 Å². The molecule has 1 heterocycles. The maximum Gasteiger partial charge on any atom is 0.233 e. The standard InChI is InChI=1S/C8H7NO2.C2N2/c10-7-5-3-1-2-4-6(5)9-8(7)11;3-1-2-4/h1-4,9-11H;. The molecular formula is C10H7N3O2. The molecule has 5 heteroatoms. The van der Waals surface area contributed by atoms with E-state index < -0.39 is 0 Å². The van der Waals surface area contributed by atoms with Gasteiger partial charge in [0.2, 0.25) is 5.88 Å². The highest BCUT2D eigenvalue weighted by Gasteiger charge is 2.06. The number of fused-ring (bicyclic) bond motifs is 1. The van der Waals surface area contributed by atoms with Crippen LogP contribution in [0.3, 0.4) is 0 Å². The third-order valence-corrected chi connectivity index (χ3v) is 1.71. The summed E-state index contributed by atoms with van der Waals surface area (Å²) < 4.78 is 0. The van der Waals surface area contributed by atoms with Crippen LogP contribution in [-0.2, 0) is 0 Å². The van der Waals surface area contributed by atoms with Crippen molar-refractivity contribution in [3.63, 3.8) is 0 Å². The van der Waals surface area contributed by atoms with Crippen molar-refractivity contribution >= 4 is 10.9 Å². The summed E-state index contributed by atoms with van der Waals surface area (Å²) in [6.45, 7) is 0. The van der Waals surface area contributed by atoms with E-state index in [2.05, 4.69) is 4.98 Å². The van der Waals surface area contributed by atoms with Gasteiger partial charge in [0, 0.05) is 5.39 Å². The molecule has 15 heavy (non-hydrogen) atoms. The third-order valence-electron chi connectivity index (χ3n) is 1.71. The number of nitriles is 2. The molecule has 3 N–H and O–H groups in total. The molecular weight excluding hydrogens is 194 g/mol. The van der Waals surface area contributed by atoms with Gasteiger partial charge in [-0.15, -0.1) is 0 Å². The molecule has 0 fully saturated rings. The highest BCUT2D eigenvalue weighted by atomic mass is 16.3. The fourth-order valence-corrected chi connectivity index (χ4v) is 1.11. The van der Waals surface area contributed by atoms with Crippen molar-refractivity contribution in [3.05, 3.63) is 24.3 Å². The molecule has 0 radical (unpaired) electrons. The highest BCUT2D eigenvalue weighted by Crippen LogP contribution is 2.32. The Morgan fingerprint density at radius 3 is 2.20 bits per heavy atom. The van der Waals surface area contributed by atoms with E-state index in [0.717, 1.165) is 5.52 Å². The number of nitrogens with one attached hydrogen (secondary N) is 1. The van der Waals surface area contributed by atoms with E-state index in [4.69, 9.17) is 15.6 Å². The summed E-state index contributed by atoms with van der Waals surface area (Å²) in [7, 11) is 0. The molecule has 2 aromatic rings. The topological polar surface area (TPSA) is 104 Å². The van der Waals surface area contributed by atoms with Crippen molar-refractivity contribution < 1.29 is 10.2 Å². The number of nitrogens with zero attached hydrogens (tertiary/aromatic N) is 2. The lowest BCUT2D eigenvalue weighted by atomic mass is 10.2. The van der Waals surface area contributed by atoms with Crippen molar-refractivity contribution in [1.29, 1.82) is 10.5 Å². The normalized spacial score (nSPS) is 8.40. The van der Waals surface area contributed by atoms with E-state index in [1.165, 1.54) is 12.1 Å². The van der Waals surface area contributed by atoms with Gasteiger partial charge < -0.3 is 15.2 Å². The smallest absolute Gasteiger partial charge is 0.233 e. The van der Waals surface area contributed by atoms with Crippen LogP contribution in [0, 0.1) is 22.7 Å². The molecule has 74 valence electrons. The number of aromatic hydroxyl groups is 2. The first-order valence-electron chi connectivity index (χ1n) is 3.97. The van der Waals surface area contributed by atoms with Crippen LogP contribution in [0.1, 0.15) is 0 Å². The van der Waals surface area contributed by atoms with Crippen LogP contribution < -0.4 is 0 Å². The SMILES string of the molecule is N#CC#N.Oc1[nH]c2ccccc2c1O. The van der Waals surface area contributed by atoms with E-state index in [-0.39, 0.29) is 11.6 Å². The van der Waals surface area contributed by atoms with E-state index in [1.54, 1.807) is 18.2 Å². The van der Waals surface area contributed by atoms with E-state index in [9.17, 15) is 5.11 Å². The van der Waals surface area contributed by atoms with Crippen LogP contribution >= 0.6 is 0 Å². The zero-order chi connectivity index (χ0) is 11.3. The predicted octanol–water partition coefficient (Wildman–Crippen LogP) is 1.61. The van der Waals surface area contributed by atoms with E-state index in [1.807, 2.05) is 6.07 Å². The minimum atomic E-state index is -0.175. The first-order valence-corrected chi connectivity index (χ1v) is 3.97. The molecule has 2 rings (SSSR count). The number of aromatic nitrogens is 1. The average molecular weight is 201 g/mol. The van der Waals surface area contributed by atoms with Gasteiger partial charge in [-0.25, -0.2) is 0 Å². The zero-order valence-electron chi connectivity index (χ0n) is 7.60. The van der Waals surface area contributed by atoms with Crippen LogP contribution in [0.15, 0.2) is 24.3 Å². The quantitative estimate of drug-likeness (QED) is 0.602. The van der Waals surface area contributed by atoms with Gasteiger partial charge in [0.1, 0.15) is 0 Å². The molecule has 0 aliphatic rings. The molecule has 0 saturated carbocycles. The molecule has 0 saturated heterocycles. The Hall–Kier alpha value is -2.66. The molecule has 0 atom stereocenters. The Balaban J connectivity index is 0.000000245. The van der Waals surface area contributed by atoms with E-state index in [0.29, 0.717) is 5.39 Å². The monoisotopic (exact) mass is 201 g/mol. The van der Waals surface area contributed by atoms with Crippen molar-refractivity contribution in [2.24, 2.45) is 0 Å². The lowest BCUT2D eigenvalue weighted by molar-refractivity contribution is 0.398. The van der Waals surface area contributed by atoms with Crippen molar-refractivity contribution in [2.45, 2.75) is 0 Å².